The molecule has 0 aliphatic rings. The molecule has 0 amide bonds. The molecule has 3 nitrogen and oxygen atoms in total. The van der Waals surface area contributed by atoms with Crippen LogP contribution in [0.1, 0.15) is 24.2 Å². The maximum Gasteiger partial charge on any atom is 0.137 e. The highest BCUT2D eigenvalue weighted by molar-refractivity contribution is 9.10. The molecule has 3 rings (SSSR count). The molecule has 0 unspecified atom stereocenters. The van der Waals surface area contributed by atoms with Crippen molar-refractivity contribution < 1.29 is 0 Å². The number of pyridine rings is 1. The Morgan fingerprint density at radius 2 is 2.26 bits per heavy atom. The predicted molar refractivity (Wildman–Crippen MR) is 82.5 cm³/mol. The number of nitrogens with zero attached hydrogens (tertiary/aromatic N) is 2. The second-order valence-electron chi connectivity index (χ2n) is 4.50. The Bertz CT molecular complexity index is 675. The minimum absolute atomic E-state index is 0.350. The molecule has 1 N–H and O–H groups in total. The van der Waals surface area contributed by atoms with E-state index in [0.717, 1.165) is 22.4 Å². The molecule has 0 bridgehead atoms. The van der Waals surface area contributed by atoms with E-state index >= 15 is 0 Å². The van der Waals surface area contributed by atoms with Crippen molar-refractivity contribution in [3.8, 4) is 0 Å². The van der Waals surface area contributed by atoms with E-state index in [2.05, 4.69) is 56.2 Å². The molecular weight excluding hydrogens is 322 g/mol. The molecule has 0 aromatic carbocycles. The molecule has 5 heteroatoms. The molecule has 3 aromatic rings. The molecule has 1 atom stereocenters. The van der Waals surface area contributed by atoms with Gasteiger partial charge in [0.25, 0.3) is 0 Å². The normalized spacial score (nSPS) is 12.9. The molecule has 0 radical (unpaired) electrons. The molecule has 0 aliphatic carbocycles. The van der Waals surface area contributed by atoms with Crippen molar-refractivity contribution in [2.24, 2.45) is 0 Å². The number of aromatic nitrogens is 2. The van der Waals surface area contributed by atoms with Crippen molar-refractivity contribution in [2.45, 2.75) is 19.5 Å². The molecule has 0 saturated carbocycles. The van der Waals surface area contributed by atoms with Crippen LogP contribution in [0.25, 0.3) is 5.65 Å². The van der Waals surface area contributed by atoms with Crippen LogP contribution in [0.3, 0.4) is 0 Å². The quantitative estimate of drug-likeness (QED) is 0.780. The molecule has 0 aliphatic heterocycles. The van der Waals surface area contributed by atoms with Crippen LogP contribution in [0.5, 0.6) is 0 Å². The van der Waals surface area contributed by atoms with Crippen LogP contribution in [0.2, 0.25) is 0 Å². The maximum absolute atomic E-state index is 4.59. The number of imidazole rings is 1. The fraction of sp³-hybridized carbons (Fsp3) is 0.214. The average molecular weight is 336 g/mol. The Hall–Kier alpha value is -1.17. The third kappa shape index (κ3) is 2.88. The van der Waals surface area contributed by atoms with E-state index < -0.39 is 0 Å². The lowest BCUT2D eigenvalue weighted by Crippen LogP contribution is -2.17. The number of thiophene rings is 1. The first-order chi connectivity index (χ1) is 9.22. The topological polar surface area (TPSA) is 29.3 Å². The first-order valence-electron chi connectivity index (χ1n) is 6.11. The summed E-state index contributed by atoms with van der Waals surface area (Å²) in [7, 11) is 0. The van der Waals surface area contributed by atoms with Crippen molar-refractivity contribution in [2.75, 3.05) is 0 Å². The molecule has 98 valence electrons. The van der Waals surface area contributed by atoms with E-state index in [1.165, 1.54) is 5.56 Å². The highest BCUT2D eigenvalue weighted by Gasteiger charge is 2.07. The summed E-state index contributed by atoms with van der Waals surface area (Å²) in [5.74, 6) is 0. The smallest absolute Gasteiger partial charge is 0.137 e. The molecule has 3 aromatic heterocycles. The second-order valence-corrected chi connectivity index (χ2v) is 6.20. The van der Waals surface area contributed by atoms with Crippen molar-refractivity contribution >= 4 is 32.9 Å². The van der Waals surface area contributed by atoms with Crippen LogP contribution in [-0.4, -0.2) is 9.38 Å². The van der Waals surface area contributed by atoms with Gasteiger partial charge in [-0.15, -0.1) is 0 Å². The van der Waals surface area contributed by atoms with Crippen LogP contribution in [0.15, 0.2) is 45.8 Å². The van der Waals surface area contributed by atoms with E-state index in [-0.39, 0.29) is 0 Å². The molecule has 19 heavy (non-hydrogen) atoms. The Kier molecular flexibility index (Phi) is 3.68. The van der Waals surface area contributed by atoms with Gasteiger partial charge in [0.05, 0.1) is 5.69 Å². The first-order valence-corrected chi connectivity index (χ1v) is 7.84. The van der Waals surface area contributed by atoms with Crippen molar-refractivity contribution in [3.05, 3.63) is 57.1 Å². The molecule has 0 fully saturated rings. The first kappa shape index (κ1) is 12.8. The van der Waals surface area contributed by atoms with Gasteiger partial charge < -0.3 is 9.72 Å². The second kappa shape index (κ2) is 5.45. The number of nitrogens with one attached hydrogen (secondary N) is 1. The van der Waals surface area contributed by atoms with Gasteiger partial charge in [-0.05, 0) is 57.4 Å². The molecule has 3 heterocycles. The van der Waals surface area contributed by atoms with Gasteiger partial charge in [-0.2, -0.15) is 11.3 Å². The summed E-state index contributed by atoms with van der Waals surface area (Å²) >= 11 is 5.20. The third-order valence-electron chi connectivity index (χ3n) is 3.10. The number of hydrogen-bond donors (Lipinski definition) is 1. The number of hydrogen-bond acceptors (Lipinski definition) is 3. The van der Waals surface area contributed by atoms with E-state index in [1.54, 1.807) is 11.3 Å². The van der Waals surface area contributed by atoms with Crippen LogP contribution in [0.4, 0.5) is 0 Å². The van der Waals surface area contributed by atoms with Crippen molar-refractivity contribution in [1.29, 1.82) is 0 Å². The summed E-state index contributed by atoms with van der Waals surface area (Å²) in [6, 6.07) is 6.52. The zero-order chi connectivity index (χ0) is 13.2. The number of halogens is 1. The fourth-order valence-corrected chi connectivity index (χ4v) is 3.11. The van der Waals surface area contributed by atoms with Crippen LogP contribution >= 0.6 is 27.3 Å². The minimum atomic E-state index is 0.350. The van der Waals surface area contributed by atoms with Crippen LogP contribution in [0, 0.1) is 0 Å². The Labute approximate surface area is 124 Å². The van der Waals surface area contributed by atoms with Gasteiger partial charge >= 0.3 is 0 Å². The van der Waals surface area contributed by atoms with Crippen LogP contribution in [-0.2, 0) is 6.54 Å². The summed E-state index contributed by atoms with van der Waals surface area (Å²) in [5, 5.41) is 7.78. The Morgan fingerprint density at radius 1 is 1.37 bits per heavy atom. The Morgan fingerprint density at radius 3 is 3.05 bits per heavy atom. The van der Waals surface area contributed by atoms with Gasteiger partial charge in [0.2, 0.25) is 0 Å². The van der Waals surface area contributed by atoms with Crippen molar-refractivity contribution in [3.63, 3.8) is 0 Å². The lowest BCUT2D eigenvalue weighted by Gasteiger charge is -2.10. The zero-order valence-corrected chi connectivity index (χ0v) is 12.9. The zero-order valence-electron chi connectivity index (χ0n) is 10.5. The minimum Gasteiger partial charge on any atom is -0.306 e. The van der Waals surface area contributed by atoms with E-state index in [0.29, 0.717) is 6.04 Å². The summed E-state index contributed by atoms with van der Waals surface area (Å²) in [5.41, 5.74) is 3.36. The third-order valence-corrected chi connectivity index (χ3v) is 4.27. The molecule has 0 saturated heterocycles. The SMILES string of the molecule is C[C@H](NCc1cn2cc(Br)ccc2n1)c1ccsc1. The van der Waals surface area contributed by atoms with Gasteiger partial charge in [-0.25, -0.2) is 4.98 Å². The maximum atomic E-state index is 4.59. The number of rotatable bonds is 4. The van der Waals surface area contributed by atoms with E-state index in [4.69, 9.17) is 0 Å². The summed E-state index contributed by atoms with van der Waals surface area (Å²) in [4.78, 5) is 4.59. The van der Waals surface area contributed by atoms with Gasteiger partial charge in [0.1, 0.15) is 5.65 Å². The largest absolute Gasteiger partial charge is 0.306 e. The highest BCUT2D eigenvalue weighted by atomic mass is 79.9. The number of fused-ring (bicyclic) bond motifs is 1. The van der Waals surface area contributed by atoms with Gasteiger partial charge in [-0.3, -0.25) is 0 Å². The molecule has 0 spiro atoms. The van der Waals surface area contributed by atoms with Gasteiger partial charge in [0, 0.05) is 29.5 Å². The average Bonchev–Trinajstić information content (AvgIpc) is 3.04. The van der Waals surface area contributed by atoms with E-state index in [1.807, 2.05) is 22.7 Å². The summed E-state index contributed by atoms with van der Waals surface area (Å²) in [6.07, 6.45) is 4.08. The van der Waals surface area contributed by atoms with E-state index in [9.17, 15) is 0 Å². The summed E-state index contributed by atoms with van der Waals surface area (Å²) < 4.78 is 3.10. The standard InChI is InChI=1S/C14H14BrN3S/c1-10(11-4-5-19-9-11)16-6-13-8-18-7-12(15)2-3-14(18)17-13/h2-5,7-10,16H,6H2,1H3/t10-/m0/s1. The highest BCUT2D eigenvalue weighted by Crippen LogP contribution is 2.17. The lowest BCUT2D eigenvalue weighted by atomic mass is 10.2. The van der Waals surface area contributed by atoms with Gasteiger partial charge in [-0.1, -0.05) is 0 Å². The van der Waals surface area contributed by atoms with Crippen LogP contribution < -0.4 is 5.32 Å². The van der Waals surface area contributed by atoms with Crippen molar-refractivity contribution in [1.82, 2.24) is 14.7 Å². The summed E-state index contributed by atoms with van der Waals surface area (Å²) in [6.45, 7) is 2.95. The van der Waals surface area contributed by atoms with Gasteiger partial charge in [0.15, 0.2) is 0 Å². The Balaban J connectivity index is 1.71. The fourth-order valence-electron chi connectivity index (χ4n) is 2.00. The molecular formula is C14H14BrN3S. The lowest BCUT2D eigenvalue weighted by molar-refractivity contribution is 0.570. The monoisotopic (exact) mass is 335 g/mol. The predicted octanol–water partition coefficient (Wildman–Crippen LogP) is 4.01.